The van der Waals surface area contributed by atoms with Crippen molar-refractivity contribution in [3.8, 4) is 0 Å². The van der Waals surface area contributed by atoms with Crippen molar-refractivity contribution in [3.63, 3.8) is 0 Å². The molecular weight excluding hydrogens is 310 g/mol. The first-order chi connectivity index (χ1) is 11.1. The van der Waals surface area contributed by atoms with Crippen molar-refractivity contribution in [2.75, 3.05) is 19.6 Å². The van der Waals surface area contributed by atoms with Crippen LogP contribution in [0.15, 0.2) is 6.07 Å². The number of carbonyl (C=O) groups is 2. The summed E-state index contributed by atoms with van der Waals surface area (Å²) < 4.78 is 0. The molecule has 2 saturated heterocycles. The van der Waals surface area contributed by atoms with Gasteiger partial charge in [-0.05, 0) is 36.8 Å². The van der Waals surface area contributed by atoms with Gasteiger partial charge in [0, 0.05) is 24.5 Å². The number of amides is 3. The van der Waals surface area contributed by atoms with Gasteiger partial charge in [-0.2, -0.15) is 0 Å². The smallest absolute Gasteiger partial charge is 0.315 e. The maximum atomic E-state index is 12.7. The molecule has 2 N–H and O–H groups in total. The largest absolute Gasteiger partial charge is 0.336 e. The molecule has 2 aliphatic heterocycles. The Bertz CT molecular complexity index is 648. The van der Waals surface area contributed by atoms with Crippen LogP contribution in [0.25, 0.3) is 0 Å². The van der Waals surface area contributed by atoms with E-state index in [-0.39, 0.29) is 17.5 Å². The Hall–Kier alpha value is -1.56. The molecule has 1 atom stereocenters. The van der Waals surface area contributed by atoms with Gasteiger partial charge in [0.15, 0.2) is 0 Å². The molecule has 0 unspecified atom stereocenters. The fourth-order valence-corrected chi connectivity index (χ4v) is 5.29. The number of nitrogens with zero attached hydrogens (tertiary/aromatic N) is 1. The first-order valence-electron chi connectivity index (χ1n) is 8.55. The summed E-state index contributed by atoms with van der Waals surface area (Å²) in [6.07, 6.45) is 6.06. The first-order valence-corrected chi connectivity index (χ1v) is 9.37. The maximum Gasteiger partial charge on any atom is 0.315 e. The van der Waals surface area contributed by atoms with Gasteiger partial charge >= 0.3 is 6.03 Å². The molecule has 5 nitrogen and oxygen atoms in total. The quantitative estimate of drug-likeness (QED) is 0.890. The van der Waals surface area contributed by atoms with Gasteiger partial charge in [-0.3, -0.25) is 4.79 Å². The number of rotatable bonds is 3. The minimum absolute atomic E-state index is 0.120. The molecule has 0 bridgehead atoms. The Kier molecular flexibility index (Phi) is 3.59. The van der Waals surface area contributed by atoms with E-state index in [1.54, 1.807) is 11.3 Å². The van der Waals surface area contributed by atoms with Gasteiger partial charge in [-0.1, -0.05) is 19.8 Å². The molecule has 2 fully saturated rings. The zero-order valence-corrected chi connectivity index (χ0v) is 14.3. The van der Waals surface area contributed by atoms with Crippen LogP contribution < -0.4 is 10.6 Å². The lowest BCUT2D eigenvalue weighted by atomic mass is 9.85. The molecule has 6 heteroatoms. The summed E-state index contributed by atoms with van der Waals surface area (Å²) in [5.74, 6) is 0.917. The van der Waals surface area contributed by atoms with Crippen molar-refractivity contribution in [1.82, 2.24) is 15.5 Å². The summed E-state index contributed by atoms with van der Waals surface area (Å²) in [6, 6.07) is 2.01. The molecule has 0 aromatic carbocycles. The highest BCUT2D eigenvalue weighted by atomic mass is 32.1. The third-order valence-electron chi connectivity index (χ3n) is 5.33. The van der Waals surface area contributed by atoms with E-state index in [1.165, 1.54) is 29.7 Å². The third kappa shape index (κ3) is 2.63. The predicted octanol–water partition coefficient (Wildman–Crippen LogP) is 2.16. The van der Waals surface area contributed by atoms with Crippen molar-refractivity contribution < 1.29 is 9.59 Å². The van der Waals surface area contributed by atoms with E-state index >= 15 is 0 Å². The summed E-state index contributed by atoms with van der Waals surface area (Å²) in [7, 11) is 0. The van der Waals surface area contributed by atoms with Crippen molar-refractivity contribution in [2.45, 2.75) is 44.6 Å². The van der Waals surface area contributed by atoms with E-state index in [4.69, 9.17) is 0 Å². The Morgan fingerprint density at radius 2 is 2.30 bits per heavy atom. The van der Waals surface area contributed by atoms with Crippen molar-refractivity contribution >= 4 is 23.3 Å². The average Bonchev–Trinajstić information content (AvgIpc) is 3.08. The van der Waals surface area contributed by atoms with E-state index in [0.717, 1.165) is 23.6 Å². The van der Waals surface area contributed by atoms with E-state index in [0.29, 0.717) is 19.6 Å². The third-order valence-corrected chi connectivity index (χ3v) is 6.56. The summed E-state index contributed by atoms with van der Waals surface area (Å²) in [6.45, 7) is 4.10. The number of thiophene rings is 1. The minimum Gasteiger partial charge on any atom is -0.336 e. The number of nitrogens with one attached hydrogen (secondary N) is 2. The number of fused-ring (bicyclic) bond motifs is 1. The molecule has 1 aromatic heterocycles. The second-order valence-electron chi connectivity index (χ2n) is 7.21. The van der Waals surface area contributed by atoms with E-state index in [9.17, 15) is 9.59 Å². The van der Waals surface area contributed by atoms with Crippen LogP contribution in [0.1, 0.15) is 46.3 Å². The molecule has 3 aliphatic rings. The lowest BCUT2D eigenvalue weighted by molar-refractivity contribution is 0.0402. The molecule has 3 heterocycles. The van der Waals surface area contributed by atoms with Crippen LogP contribution >= 0.6 is 11.3 Å². The first kappa shape index (κ1) is 15.0. The number of aryl methyl sites for hydroxylation is 1. The summed E-state index contributed by atoms with van der Waals surface area (Å²) in [5.41, 5.74) is 1.17. The number of hydrogen-bond acceptors (Lipinski definition) is 3. The highest BCUT2D eigenvalue weighted by molar-refractivity contribution is 7.14. The number of hydrogen-bond donors (Lipinski definition) is 2. The summed E-state index contributed by atoms with van der Waals surface area (Å²) in [4.78, 5) is 28.1. The molecule has 0 saturated carbocycles. The van der Waals surface area contributed by atoms with Gasteiger partial charge < -0.3 is 15.5 Å². The zero-order valence-electron chi connectivity index (χ0n) is 13.5. The van der Waals surface area contributed by atoms with Gasteiger partial charge in [0.1, 0.15) is 0 Å². The van der Waals surface area contributed by atoms with E-state index in [2.05, 4.69) is 23.6 Å². The Balaban J connectivity index is 1.42. The van der Waals surface area contributed by atoms with Crippen molar-refractivity contribution in [3.05, 3.63) is 21.4 Å². The topological polar surface area (TPSA) is 61.4 Å². The molecule has 23 heavy (non-hydrogen) atoms. The lowest BCUT2D eigenvalue weighted by Gasteiger charge is -2.46. The summed E-state index contributed by atoms with van der Waals surface area (Å²) in [5, 5.41) is 5.71. The normalized spacial score (nSPS) is 24.8. The van der Waals surface area contributed by atoms with Gasteiger partial charge in [0.05, 0.1) is 10.4 Å². The number of likely N-dealkylation sites (tertiary alicyclic amines) is 1. The Morgan fingerprint density at radius 1 is 1.48 bits per heavy atom. The highest BCUT2D eigenvalue weighted by Gasteiger charge is 2.49. The van der Waals surface area contributed by atoms with Gasteiger partial charge in [-0.15, -0.1) is 11.3 Å². The standard InChI is InChI=1S/C17H23N3O2S/c1-2-3-11-4-5-13-12(6-11)7-14(23-13)15(21)20-9-17(10-20)8-18-16(22)19-17/h7,11H,2-6,8-10H2,1H3,(H2,18,19,22)/t11-/m1/s1. The highest BCUT2D eigenvalue weighted by Crippen LogP contribution is 2.35. The SMILES string of the molecule is CCC[C@@H]1CCc2sc(C(=O)N3CC4(CNC(=O)N4)C3)cc2C1. The molecule has 4 rings (SSSR count). The summed E-state index contributed by atoms with van der Waals surface area (Å²) >= 11 is 1.68. The van der Waals surface area contributed by atoms with Gasteiger partial charge in [-0.25, -0.2) is 4.79 Å². The number of carbonyl (C=O) groups excluding carboxylic acids is 2. The minimum atomic E-state index is -0.226. The molecule has 3 amide bonds. The lowest BCUT2D eigenvalue weighted by Crippen LogP contribution is -2.69. The van der Waals surface area contributed by atoms with E-state index in [1.807, 2.05) is 4.90 Å². The fourth-order valence-electron chi connectivity index (χ4n) is 4.11. The van der Waals surface area contributed by atoms with Crippen molar-refractivity contribution in [2.24, 2.45) is 5.92 Å². The van der Waals surface area contributed by atoms with Gasteiger partial charge in [0.25, 0.3) is 5.91 Å². The zero-order chi connectivity index (χ0) is 16.0. The van der Waals surface area contributed by atoms with Crippen molar-refractivity contribution in [1.29, 1.82) is 0 Å². The molecule has 124 valence electrons. The molecule has 1 spiro atoms. The van der Waals surface area contributed by atoms with Gasteiger partial charge in [0.2, 0.25) is 0 Å². The second-order valence-corrected chi connectivity index (χ2v) is 8.34. The molecular formula is C17H23N3O2S. The van der Waals surface area contributed by atoms with Crippen LogP contribution in [0.2, 0.25) is 0 Å². The van der Waals surface area contributed by atoms with Crippen LogP contribution in [0.5, 0.6) is 0 Å². The van der Waals surface area contributed by atoms with Crippen LogP contribution in [-0.2, 0) is 12.8 Å². The average molecular weight is 333 g/mol. The molecule has 1 aliphatic carbocycles. The predicted molar refractivity (Wildman–Crippen MR) is 89.9 cm³/mol. The van der Waals surface area contributed by atoms with E-state index < -0.39 is 0 Å². The van der Waals surface area contributed by atoms with Crippen LogP contribution in [0.3, 0.4) is 0 Å². The second kappa shape index (κ2) is 5.51. The molecule has 1 aromatic rings. The molecule has 0 radical (unpaired) electrons. The fraction of sp³-hybridized carbons (Fsp3) is 0.647. The van der Waals surface area contributed by atoms with Crippen LogP contribution in [-0.4, -0.2) is 42.0 Å². The number of urea groups is 1. The Labute approximate surface area is 140 Å². The monoisotopic (exact) mass is 333 g/mol. The maximum absolute atomic E-state index is 12.7. The van der Waals surface area contributed by atoms with Crippen LogP contribution in [0.4, 0.5) is 4.79 Å². The van der Waals surface area contributed by atoms with Crippen LogP contribution in [0, 0.1) is 5.92 Å². The Morgan fingerprint density at radius 3 is 3.00 bits per heavy atom.